The van der Waals surface area contributed by atoms with Gasteiger partial charge in [-0.05, 0) is 43.7 Å². The maximum atomic E-state index is 12.4. The quantitative estimate of drug-likeness (QED) is 0.650. The zero-order chi connectivity index (χ0) is 19.4. The second kappa shape index (κ2) is 8.10. The zero-order valence-electron chi connectivity index (χ0n) is 15.1. The molecule has 0 aliphatic rings. The molecule has 5 nitrogen and oxygen atoms in total. The van der Waals surface area contributed by atoms with Crippen molar-refractivity contribution in [3.05, 3.63) is 82.5 Å². The number of carbonyl (C=O) groups is 1. The van der Waals surface area contributed by atoms with E-state index in [2.05, 4.69) is 10.3 Å². The summed E-state index contributed by atoms with van der Waals surface area (Å²) in [7, 11) is 0. The van der Waals surface area contributed by atoms with Crippen LogP contribution < -0.4 is 15.8 Å². The van der Waals surface area contributed by atoms with Crippen molar-refractivity contribution in [2.45, 2.75) is 20.0 Å². The molecule has 1 atom stereocenters. The van der Waals surface area contributed by atoms with Gasteiger partial charge in [-0.25, -0.2) is 4.98 Å². The van der Waals surface area contributed by atoms with Gasteiger partial charge in [-0.15, -0.1) is 0 Å². The Kier molecular flexibility index (Phi) is 5.62. The van der Waals surface area contributed by atoms with E-state index in [-0.39, 0.29) is 17.8 Å². The van der Waals surface area contributed by atoms with E-state index in [0.29, 0.717) is 22.0 Å². The van der Waals surface area contributed by atoms with Gasteiger partial charge in [0, 0.05) is 23.5 Å². The van der Waals surface area contributed by atoms with Gasteiger partial charge in [0.2, 0.25) is 0 Å². The number of pyridine rings is 1. The van der Waals surface area contributed by atoms with E-state index in [1.165, 1.54) is 6.20 Å². The van der Waals surface area contributed by atoms with Gasteiger partial charge in [0.25, 0.3) is 5.91 Å². The minimum absolute atomic E-state index is 0.160. The molecule has 3 N–H and O–H groups in total. The third kappa shape index (κ3) is 4.77. The van der Waals surface area contributed by atoms with Gasteiger partial charge in [0.05, 0.1) is 5.02 Å². The van der Waals surface area contributed by atoms with Crippen LogP contribution in [0.3, 0.4) is 0 Å². The molecule has 1 aromatic heterocycles. The number of nitrogens with zero attached hydrogens (tertiary/aromatic N) is 1. The zero-order valence-corrected chi connectivity index (χ0v) is 15.8. The van der Waals surface area contributed by atoms with Crippen molar-refractivity contribution < 1.29 is 9.53 Å². The number of rotatable bonds is 5. The fraction of sp³-hybridized carbons (Fsp3) is 0.143. The lowest BCUT2D eigenvalue weighted by molar-refractivity contribution is 0.102. The second-order valence-corrected chi connectivity index (χ2v) is 6.68. The molecule has 3 aromatic rings. The Hall–Kier alpha value is -3.05. The van der Waals surface area contributed by atoms with E-state index in [1.807, 2.05) is 56.3 Å². The highest BCUT2D eigenvalue weighted by Crippen LogP contribution is 2.29. The van der Waals surface area contributed by atoms with E-state index < -0.39 is 0 Å². The molecule has 0 spiro atoms. The van der Waals surface area contributed by atoms with Crippen LogP contribution in [0.5, 0.6) is 5.75 Å². The Balaban J connectivity index is 1.74. The molecule has 0 fully saturated rings. The number of aryl methyl sites for hydroxylation is 1. The predicted octanol–water partition coefficient (Wildman–Crippen LogP) is 5.02. The van der Waals surface area contributed by atoms with E-state index in [0.717, 1.165) is 11.1 Å². The van der Waals surface area contributed by atoms with Crippen LogP contribution in [0.4, 0.5) is 11.5 Å². The van der Waals surface area contributed by atoms with Crippen molar-refractivity contribution >= 4 is 29.0 Å². The Morgan fingerprint density at radius 2 is 1.96 bits per heavy atom. The minimum atomic E-state index is -0.302. The van der Waals surface area contributed by atoms with Crippen molar-refractivity contribution in [1.82, 2.24) is 4.98 Å². The fourth-order valence-electron chi connectivity index (χ4n) is 2.64. The first kappa shape index (κ1) is 18.7. The summed E-state index contributed by atoms with van der Waals surface area (Å²) in [6.07, 6.45) is 1.17. The third-order valence-electron chi connectivity index (χ3n) is 4.05. The number of anilines is 2. The topological polar surface area (TPSA) is 77.2 Å². The van der Waals surface area contributed by atoms with E-state index >= 15 is 0 Å². The number of ether oxygens (including phenoxy) is 1. The van der Waals surface area contributed by atoms with Crippen LogP contribution in [0.25, 0.3) is 0 Å². The summed E-state index contributed by atoms with van der Waals surface area (Å²) in [5.74, 6) is 0.534. The molecule has 3 rings (SSSR count). The number of aromatic nitrogens is 1. The highest BCUT2D eigenvalue weighted by molar-refractivity contribution is 6.30. The molecule has 0 aliphatic heterocycles. The van der Waals surface area contributed by atoms with Crippen molar-refractivity contribution in [1.29, 1.82) is 0 Å². The molecule has 27 heavy (non-hydrogen) atoms. The predicted molar refractivity (Wildman–Crippen MR) is 108 cm³/mol. The number of hydrogen-bond acceptors (Lipinski definition) is 4. The van der Waals surface area contributed by atoms with E-state index in [1.54, 1.807) is 12.1 Å². The van der Waals surface area contributed by atoms with Crippen LogP contribution in [0.15, 0.2) is 60.8 Å². The summed E-state index contributed by atoms with van der Waals surface area (Å²) >= 11 is 5.95. The van der Waals surface area contributed by atoms with Gasteiger partial charge in [-0.3, -0.25) is 4.79 Å². The number of halogens is 1. The fourth-order valence-corrected chi connectivity index (χ4v) is 2.79. The van der Waals surface area contributed by atoms with Gasteiger partial charge in [0.15, 0.2) is 11.6 Å². The molecule has 0 bridgehead atoms. The lowest BCUT2D eigenvalue weighted by Gasteiger charge is -2.17. The number of nitrogen functional groups attached to an aromatic ring is 1. The van der Waals surface area contributed by atoms with Gasteiger partial charge >= 0.3 is 0 Å². The largest absolute Gasteiger partial charge is 0.482 e. The Bertz CT molecular complexity index is 975. The molecule has 138 valence electrons. The SMILES string of the molecule is Cc1cccc(C(=O)Nc2cccc([C@@H](C)Oc3cc(Cl)cnc3N)c2)c1. The second-order valence-electron chi connectivity index (χ2n) is 6.25. The summed E-state index contributed by atoms with van der Waals surface area (Å²) in [4.78, 5) is 16.4. The van der Waals surface area contributed by atoms with Crippen molar-refractivity contribution in [2.24, 2.45) is 0 Å². The Morgan fingerprint density at radius 1 is 1.19 bits per heavy atom. The molecule has 2 aromatic carbocycles. The standard InChI is InChI=1S/C21H20ClN3O2/c1-13-5-3-7-16(9-13)21(26)25-18-8-4-6-15(10-18)14(2)27-19-11-17(22)12-24-20(19)23/h3-12,14H,1-2H3,(H2,23,24)(H,25,26)/t14-/m1/s1. The normalized spacial score (nSPS) is 11.7. The summed E-state index contributed by atoms with van der Waals surface area (Å²) in [6.45, 7) is 3.84. The van der Waals surface area contributed by atoms with Crippen molar-refractivity contribution in [3.8, 4) is 5.75 Å². The van der Waals surface area contributed by atoms with Crippen LogP contribution in [-0.4, -0.2) is 10.9 Å². The summed E-state index contributed by atoms with van der Waals surface area (Å²) in [5, 5.41) is 3.36. The summed E-state index contributed by atoms with van der Waals surface area (Å²) in [6, 6.07) is 16.6. The first-order chi connectivity index (χ1) is 12.9. The molecule has 6 heteroatoms. The number of nitrogens with one attached hydrogen (secondary N) is 1. The molecule has 0 saturated carbocycles. The first-order valence-corrected chi connectivity index (χ1v) is 8.86. The molecule has 0 radical (unpaired) electrons. The first-order valence-electron chi connectivity index (χ1n) is 8.48. The Labute approximate surface area is 163 Å². The van der Waals surface area contributed by atoms with Crippen LogP contribution in [0, 0.1) is 6.92 Å². The van der Waals surface area contributed by atoms with Gasteiger partial charge in [-0.2, -0.15) is 0 Å². The molecule has 0 unspecified atom stereocenters. The van der Waals surface area contributed by atoms with Crippen molar-refractivity contribution in [3.63, 3.8) is 0 Å². The average Bonchev–Trinajstić information content (AvgIpc) is 2.65. The molecule has 1 heterocycles. The monoisotopic (exact) mass is 381 g/mol. The number of nitrogens with two attached hydrogens (primary N) is 1. The van der Waals surface area contributed by atoms with Gasteiger partial charge in [-0.1, -0.05) is 41.4 Å². The lowest BCUT2D eigenvalue weighted by Crippen LogP contribution is -2.12. The lowest BCUT2D eigenvalue weighted by atomic mass is 10.1. The maximum Gasteiger partial charge on any atom is 0.255 e. The van der Waals surface area contributed by atoms with Crippen LogP contribution in [0.1, 0.15) is 34.5 Å². The third-order valence-corrected chi connectivity index (χ3v) is 4.25. The molecule has 0 aliphatic carbocycles. The minimum Gasteiger partial charge on any atom is -0.482 e. The van der Waals surface area contributed by atoms with E-state index in [9.17, 15) is 4.79 Å². The van der Waals surface area contributed by atoms with Crippen molar-refractivity contribution in [2.75, 3.05) is 11.1 Å². The molecule has 1 amide bonds. The Morgan fingerprint density at radius 3 is 2.74 bits per heavy atom. The maximum absolute atomic E-state index is 12.4. The average molecular weight is 382 g/mol. The summed E-state index contributed by atoms with van der Waals surface area (Å²) in [5.41, 5.74) is 9.06. The number of carbonyl (C=O) groups excluding carboxylic acids is 1. The van der Waals surface area contributed by atoms with Crippen LogP contribution in [0.2, 0.25) is 5.02 Å². The van der Waals surface area contributed by atoms with Gasteiger partial charge < -0.3 is 15.8 Å². The van der Waals surface area contributed by atoms with Crippen LogP contribution in [-0.2, 0) is 0 Å². The molecular weight excluding hydrogens is 362 g/mol. The van der Waals surface area contributed by atoms with E-state index in [4.69, 9.17) is 22.1 Å². The number of benzene rings is 2. The molecular formula is C21H20ClN3O2. The van der Waals surface area contributed by atoms with Gasteiger partial charge in [0.1, 0.15) is 6.10 Å². The highest BCUT2D eigenvalue weighted by atomic mass is 35.5. The smallest absolute Gasteiger partial charge is 0.255 e. The van der Waals surface area contributed by atoms with Crippen LogP contribution >= 0.6 is 11.6 Å². The summed E-state index contributed by atoms with van der Waals surface area (Å²) < 4.78 is 5.89. The highest BCUT2D eigenvalue weighted by Gasteiger charge is 2.13. The molecule has 0 saturated heterocycles. The number of amides is 1. The number of hydrogen-bond donors (Lipinski definition) is 2.